The zero-order valence-electron chi connectivity index (χ0n) is 24.0. The Bertz CT molecular complexity index is 1740. The topological polar surface area (TPSA) is 143 Å². The van der Waals surface area contributed by atoms with E-state index in [-0.39, 0.29) is 23.9 Å². The van der Waals surface area contributed by atoms with Gasteiger partial charge in [-0.05, 0) is 18.1 Å². The van der Waals surface area contributed by atoms with Crippen LogP contribution < -0.4 is 10.6 Å². The van der Waals surface area contributed by atoms with Gasteiger partial charge in [0.05, 0.1) is 12.1 Å². The Morgan fingerprint density at radius 3 is 2.38 bits per heavy atom. The highest BCUT2D eigenvalue weighted by Crippen LogP contribution is 2.46. The van der Waals surface area contributed by atoms with E-state index in [1.165, 1.54) is 58.0 Å². The summed E-state index contributed by atoms with van der Waals surface area (Å²) in [5.74, 6) is -1.30. The first-order valence-electron chi connectivity index (χ1n) is 13.7. The fourth-order valence-electron chi connectivity index (χ4n) is 4.82. The summed E-state index contributed by atoms with van der Waals surface area (Å²) in [4.78, 5) is 58.2. The molecule has 2 N–H and O–H groups in total. The maximum Gasteiger partial charge on any atom is 0.356 e. The predicted octanol–water partition coefficient (Wildman–Crippen LogP) is 4.54. The van der Waals surface area contributed by atoms with Crippen molar-refractivity contribution in [2.45, 2.75) is 42.1 Å². The van der Waals surface area contributed by atoms with Crippen LogP contribution in [0, 0.1) is 6.92 Å². The zero-order valence-corrected chi connectivity index (χ0v) is 27.2. The molecule has 1 saturated heterocycles. The molecule has 2 aliphatic heterocycles. The first kappa shape index (κ1) is 31.0. The summed E-state index contributed by atoms with van der Waals surface area (Å²) in [6.07, 6.45) is -0.766. The molecule has 2 aliphatic rings. The van der Waals surface area contributed by atoms with Gasteiger partial charge in [-0.25, -0.2) is 9.78 Å². The van der Waals surface area contributed by atoms with Crippen LogP contribution >= 0.6 is 46.2 Å². The smallest absolute Gasteiger partial charge is 0.356 e. The summed E-state index contributed by atoms with van der Waals surface area (Å²) in [6, 6.07) is 18.0. The summed E-state index contributed by atoms with van der Waals surface area (Å²) in [5, 5.41) is 16.0. The van der Waals surface area contributed by atoms with Crippen LogP contribution in [0.1, 0.15) is 34.9 Å². The van der Waals surface area contributed by atoms with Crippen LogP contribution in [0.2, 0.25) is 0 Å². The number of β-lactam (4-membered cyclic amide) rings is 1. The lowest BCUT2D eigenvalue weighted by molar-refractivity contribution is -0.154. The van der Waals surface area contributed by atoms with Crippen LogP contribution in [-0.4, -0.2) is 60.9 Å². The third kappa shape index (κ3) is 6.96. The number of rotatable bonds is 10. The van der Waals surface area contributed by atoms with Crippen LogP contribution in [0.5, 0.6) is 0 Å². The highest BCUT2D eigenvalue weighted by Gasteiger charge is 2.55. The first-order valence-corrected chi connectivity index (χ1v) is 17.3. The molecule has 3 amide bonds. The third-order valence-electron chi connectivity index (χ3n) is 6.77. The van der Waals surface area contributed by atoms with Crippen LogP contribution in [-0.2, 0) is 30.3 Å². The molecule has 6 rings (SSSR count). The fraction of sp³-hybridized carbons (Fsp3) is 0.233. The molecule has 230 valence electrons. The van der Waals surface area contributed by atoms with Crippen molar-refractivity contribution in [1.29, 1.82) is 0 Å². The van der Waals surface area contributed by atoms with Crippen molar-refractivity contribution >= 4 is 75.0 Å². The second-order valence-corrected chi connectivity index (χ2v) is 14.5. The summed E-state index contributed by atoms with van der Waals surface area (Å²) >= 11 is 5.35. The highest BCUT2D eigenvalue weighted by atomic mass is 32.2. The number of anilines is 1. The minimum absolute atomic E-state index is 0.0602. The Labute approximate surface area is 274 Å². The maximum absolute atomic E-state index is 14.1. The number of hydrogen-bond acceptors (Lipinski definition) is 12. The number of esters is 1. The minimum atomic E-state index is -0.826. The molecule has 2 aromatic carbocycles. The number of carbonyl (C=O) groups excluding carboxylic acids is 4. The quantitative estimate of drug-likeness (QED) is 0.181. The molecular weight excluding hydrogens is 653 g/mol. The van der Waals surface area contributed by atoms with E-state index in [0.29, 0.717) is 25.8 Å². The van der Waals surface area contributed by atoms with E-state index in [2.05, 4.69) is 25.8 Å². The Morgan fingerprint density at radius 2 is 1.76 bits per heavy atom. The Hall–Kier alpha value is -4.05. The minimum Gasteiger partial charge on any atom is -0.448 e. The van der Waals surface area contributed by atoms with Crippen LogP contribution in [0.3, 0.4) is 0 Å². The number of benzene rings is 2. The number of hydrogen-bond donors (Lipinski definition) is 2. The van der Waals surface area contributed by atoms with Crippen molar-refractivity contribution in [3.8, 4) is 0 Å². The molecule has 0 spiro atoms. The largest absolute Gasteiger partial charge is 0.448 e. The van der Waals surface area contributed by atoms with Crippen molar-refractivity contribution in [1.82, 2.24) is 25.4 Å². The van der Waals surface area contributed by atoms with Gasteiger partial charge in [0.2, 0.25) is 11.8 Å². The van der Waals surface area contributed by atoms with Gasteiger partial charge in [-0.15, -0.1) is 33.3 Å². The van der Waals surface area contributed by atoms with Gasteiger partial charge in [0.15, 0.2) is 15.6 Å². The molecule has 11 nitrogen and oxygen atoms in total. The Morgan fingerprint density at radius 1 is 1.07 bits per heavy atom. The SMILES string of the molecule is CC(=O)Nc1nc(CC(=O)N[C@@H]2C(=O)N3C(C(=O)OC(c4ccccc4)c4ccccc4)=C(Sc4nnc(C)s4)CS[C@@H]23)cs1. The zero-order chi connectivity index (χ0) is 31.5. The Balaban J connectivity index is 1.24. The van der Waals surface area contributed by atoms with E-state index in [1.54, 1.807) is 5.38 Å². The van der Waals surface area contributed by atoms with Gasteiger partial charge >= 0.3 is 5.97 Å². The van der Waals surface area contributed by atoms with Gasteiger partial charge in [-0.3, -0.25) is 19.3 Å². The van der Waals surface area contributed by atoms with Gasteiger partial charge in [0.25, 0.3) is 5.91 Å². The number of aromatic nitrogens is 3. The third-order valence-corrected chi connectivity index (χ3v) is 11.0. The average molecular weight is 679 g/mol. The number of nitrogens with zero attached hydrogens (tertiary/aromatic N) is 4. The highest BCUT2D eigenvalue weighted by molar-refractivity contribution is 8.07. The number of fused-ring (bicyclic) bond motifs is 1. The summed E-state index contributed by atoms with van der Waals surface area (Å²) in [6.45, 7) is 3.23. The second kappa shape index (κ2) is 13.5. The van der Waals surface area contributed by atoms with Gasteiger partial charge < -0.3 is 15.4 Å². The number of thiazole rings is 1. The lowest BCUT2D eigenvalue weighted by Crippen LogP contribution is -2.70. The number of amides is 3. The molecule has 0 saturated carbocycles. The molecule has 4 aromatic rings. The normalized spacial score (nSPS) is 17.5. The molecule has 0 bridgehead atoms. The van der Waals surface area contributed by atoms with E-state index in [0.717, 1.165) is 16.1 Å². The average Bonchev–Trinajstić information content (AvgIpc) is 3.66. The molecule has 1 fully saturated rings. The molecular formula is C30H26N6O5S4. The van der Waals surface area contributed by atoms with Crippen molar-refractivity contribution in [3.05, 3.63) is 98.5 Å². The van der Waals surface area contributed by atoms with Crippen molar-refractivity contribution in [3.63, 3.8) is 0 Å². The van der Waals surface area contributed by atoms with Crippen molar-refractivity contribution in [2.75, 3.05) is 11.1 Å². The second-order valence-electron chi connectivity index (χ2n) is 10.0. The molecule has 4 heterocycles. The molecule has 0 radical (unpaired) electrons. The molecule has 45 heavy (non-hydrogen) atoms. The monoisotopic (exact) mass is 678 g/mol. The van der Waals surface area contributed by atoms with Crippen LogP contribution in [0.15, 0.2) is 81.0 Å². The number of thioether (sulfide) groups is 2. The number of ether oxygens (including phenoxy) is 1. The molecule has 2 aromatic heterocycles. The molecule has 0 aliphatic carbocycles. The fourth-order valence-corrected chi connectivity index (χ4v) is 9.02. The lowest BCUT2D eigenvalue weighted by Gasteiger charge is -2.49. The van der Waals surface area contributed by atoms with E-state index in [9.17, 15) is 19.2 Å². The lowest BCUT2D eigenvalue weighted by atomic mass is 10.0. The van der Waals surface area contributed by atoms with Gasteiger partial charge in [-0.2, -0.15) is 0 Å². The van der Waals surface area contributed by atoms with Crippen molar-refractivity contribution < 1.29 is 23.9 Å². The summed E-state index contributed by atoms with van der Waals surface area (Å²) in [7, 11) is 0. The van der Waals surface area contributed by atoms with Crippen LogP contribution in [0.25, 0.3) is 0 Å². The van der Waals surface area contributed by atoms with E-state index in [1.807, 2.05) is 67.6 Å². The number of nitrogens with one attached hydrogen (secondary N) is 2. The summed E-state index contributed by atoms with van der Waals surface area (Å²) < 4.78 is 6.84. The number of carbonyl (C=O) groups is 4. The van der Waals surface area contributed by atoms with Gasteiger partial charge in [0, 0.05) is 23.0 Å². The van der Waals surface area contributed by atoms with E-state index in [4.69, 9.17) is 4.74 Å². The van der Waals surface area contributed by atoms with Crippen LogP contribution in [0.4, 0.5) is 5.13 Å². The molecule has 0 unspecified atom stereocenters. The van der Waals surface area contributed by atoms with E-state index < -0.39 is 29.4 Å². The Kier molecular flexibility index (Phi) is 9.30. The predicted molar refractivity (Wildman–Crippen MR) is 173 cm³/mol. The molecule has 15 heteroatoms. The summed E-state index contributed by atoms with van der Waals surface area (Å²) in [5.41, 5.74) is 2.20. The molecule has 2 atom stereocenters. The maximum atomic E-state index is 14.1. The van der Waals surface area contributed by atoms with Gasteiger partial charge in [0.1, 0.15) is 22.1 Å². The number of aryl methyl sites for hydroxylation is 1. The van der Waals surface area contributed by atoms with Crippen molar-refractivity contribution in [2.24, 2.45) is 0 Å². The van der Waals surface area contributed by atoms with E-state index >= 15 is 0 Å². The standard InChI is InChI=1S/C30H26N6O5S4/c1-16(37)31-29-32-20(14-43-29)13-22(38)33-23-26(39)36-24(21(15-42-27(23)36)45-30-35-34-17(2)44-30)28(40)41-25(18-9-5-3-6-10-18)19-11-7-4-8-12-19/h3-12,14,23,25,27H,13,15H2,1-2H3,(H,33,38)(H,31,32,37)/t23-,27+/m1/s1. The van der Waals surface area contributed by atoms with Gasteiger partial charge in [-0.1, -0.05) is 83.8 Å². The first-order chi connectivity index (χ1) is 21.8.